The van der Waals surface area contributed by atoms with Gasteiger partial charge < -0.3 is 14.8 Å². The van der Waals surface area contributed by atoms with E-state index < -0.39 is 0 Å². The van der Waals surface area contributed by atoms with Gasteiger partial charge in [-0.25, -0.2) is 0 Å². The molecule has 1 N–H and O–H groups in total. The second-order valence-electron chi connectivity index (χ2n) is 4.89. The van der Waals surface area contributed by atoms with Crippen LogP contribution >= 0.6 is 0 Å². The van der Waals surface area contributed by atoms with Crippen molar-refractivity contribution in [3.63, 3.8) is 0 Å². The first-order valence-electron chi connectivity index (χ1n) is 6.09. The highest BCUT2D eigenvalue weighted by atomic mass is 16.5. The van der Waals surface area contributed by atoms with E-state index in [2.05, 4.69) is 31.3 Å². The van der Waals surface area contributed by atoms with Crippen molar-refractivity contribution < 1.29 is 9.47 Å². The molecule has 1 unspecified atom stereocenters. The molecule has 0 spiro atoms. The molecule has 94 valence electrons. The van der Waals surface area contributed by atoms with Crippen molar-refractivity contribution >= 4 is 0 Å². The van der Waals surface area contributed by atoms with Crippen molar-refractivity contribution in [1.82, 2.24) is 5.32 Å². The van der Waals surface area contributed by atoms with Gasteiger partial charge in [-0.2, -0.15) is 0 Å². The minimum Gasteiger partial charge on any atom is -0.493 e. The van der Waals surface area contributed by atoms with Gasteiger partial charge in [0.25, 0.3) is 0 Å². The minimum absolute atomic E-state index is 0.0737. The van der Waals surface area contributed by atoms with Crippen molar-refractivity contribution in [2.24, 2.45) is 0 Å². The lowest BCUT2D eigenvalue weighted by molar-refractivity contribution is 0.349. The Morgan fingerprint density at radius 2 is 2.00 bits per heavy atom. The fourth-order valence-corrected chi connectivity index (χ4v) is 2.61. The van der Waals surface area contributed by atoms with Gasteiger partial charge >= 0.3 is 0 Å². The number of benzene rings is 1. The summed E-state index contributed by atoms with van der Waals surface area (Å²) >= 11 is 0. The molecule has 1 aliphatic heterocycles. The Bertz CT molecular complexity index is 409. The molecular weight excluding hydrogens is 214 g/mol. The first-order chi connectivity index (χ1) is 8.10. The zero-order valence-corrected chi connectivity index (χ0v) is 11.1. The molecule has 0 radical (unpaired) electrons. The maximum atomic E-state index is 5.41. The zero-order valence-electron chi connectivity index (χ0n) is 11.1. The molecule has 0 saturated carbocycles. The van der Waals surface area contributed by atoms with Crippen LogP contribution in [0.1, 0.15) is 30.9 Å². The van der Waals surface area contributed by atoms with Gasteiger partial charge in [0.05, 0.1) is 14.2 Å². The van der Waals surface area contributed by atoms with Gasteiger partial charge in [0.15, 0.2) is 11.5 Å². The van der Waals surface area contributed by atoms with Gasteiger partial charge in [-0.1, -0.05) is 6.07 Å². The molecule has 1 saturated heterocycles. The van der Waals surface area contributed by atoms with E-state index >= 15 is 0 Å². The quantitative estimate of drug-likeness (QED) is 0.873. The summed E-state index contributed by atoms with van der Waals surface area (Å²) in [6.45, 7) is 5.40. The van der Waals surface area contributed by atoms with Crippen molar-refractivity contribution in [3.8, 4) is 11.5 Å². The number of ether oxygens (including phenoxy) is 2. The smallest absolute Gasteiger partial charge is 0.163 e. The predicted octanol–water partition coefficient (Wildman–Crippen LogP) is 2.61. The fourth-order valence-electron chi connectivity index (χ4n) is 2.61. The highest BCUT2D eigenvalue weighted by molar-refractivity contribution is 5.50. The van der Waals surface area contributed by atoms with E-state index in [1.165, 1.54) is 18.4 Å². The van der Waals surface area contributed by atoms with Crippen molar-refractivity contribution in [2.75, 3.05) is 20.8 Å². The first kappa shape index (κ1) is 12.2. The van der Waals surface area contributed by atoms with E-state index in [4.69, 9.17) is 9.47 Å². The standard InChI is InChI=1S/C14H21NO2/c1-10-8-11(14(2)6-5-7-15-14)9-12(16-3)13(10)17-4/h8-9,15H,5-7H2,1-4H3. The summed E-state index contributed by atoms with van der Waals surface area (Å²) in [5.74, 6) is 1.65. The summed E-state index contributed by atoms with van der Waals surface area (Å²) in [7, 11) is 3.37. The van der Waals surface area contributed by atoms with Gasteiger partial charge in [0.2, 0.25) is 0 Å². The summed E-state index contributed by atoms with van der Waals surface area (Å²) in [5, 5.41) is 3.57. The molecule has 1 aromatic rings. The van der Waals surface area contributed by atoms with E-state index in [-0.39, 0.29) is 5.54 Å². The second-order valence-corrected chi connectivity index (χ2v) is 4.89. The normalized spacial score (nSPS) is 23.8. The maximum Gasteiger partial charge on any atom is 0.163 e. The third kappa shape index (κ3) is 2.12. The lowest BCUT2D eigenvalue weighted by atomic mass is 9.89. The van der Waals surface area contributed by atoms with Gasteiger partial charge in [-0.15, -0.1) is 0 Å². The molecule has 1 aliphatic rings. The summed E-state index contributed by atoms with van der Waals surface area (Å²) in [6, 6.07) is 4.28. The van der Waals surface area contributed by atoms with Crippen LogP contribution in [0.15, 0.2) is 12.1 Å². The van der Waals surface area contributed by atoms with Gasteiger partial charge in [0.1, 0.15) is 0 Å². The van der Waals surface area contributed by atoms with Gasteiger partial charge in [-0.3, -0.25) is 0 Å². The number of nitrogens with one attached hydrogen (secondary N) is 1. The van der Waals surface area contributed by atoms with Crippen LogP contribution in [0, 0.1) is 6.92 Å². The number of aryl methyl sites for hydroxylation is 1. The van der Waals surface area contributed by atoms with Crippen LogP contribution in [0.2, 0.25) is 0 Å². The minimum atomic E-state index is 0.0737. The Kier molecular flexibility index (Phi) is 3.29. The van der Waals surface area contributed by atoms with Crippen LogP contribution in [-0.2, 0) is 5.54 Å². The molecule has 3 nitrogen and oxygen atoms in total. The SMILES string of the molecule is COc1cc(C2(C)CCCN2)cc(C)c1OC. The Balaban J connectivity index is 2.46. The van der Waals surface area contributed by atoms with Crippen molar-refractivity contribution in [2.45, 2.75) is 32.2 Å². The van der Waals surface area contributed by atoms with Gasteiger partial charge in [-0.05, 0) is 50.4 Å². The first-order valence-corrected chi connectivity index (χ1v) is 6.09. The molecule has 0 aliphatic carbocycles. The van der Waals surface area contributed by atoms with E-state index in [1.807, 2.05) is 0 Å². The van der Waals surface area contributed by atoms with Crippen LogP contribution in [0.25, 0.3) is 0 Å². The van der Waals surface area contributed by atoms with E-state index in [0.717, 1.165) is 23.6 Å². The van der Waals surface area contributed by atoms with Crippen LogP contribution in [0.5, 0.6) is 11.5 Å². The molecule has 0 aromatic heterocycles. The molecule has 0 bridgehead atoms. The third-order valence-electron chi connectivity index (χ3n) is 3.67. The largest absolute Gasteiger partial charge is 0.493 e. The number of hydrogen-bond acceptors (Lipinski definition) is 3. The van der Waals surface area contributed by atoms with Crippen LogP contribution in [0.3, 0.4) is 0 Å². The molecule has 1 atom stereocenters. The van der Waals surface area contributed by atoms with Crippen molar-refractivity contribution in [3.05, 3.63) is 23.3 Å². The number of hydrogen-bond donors (Lipinski definition) is 1. The van der Waals surface area contributed by atoms with E-state index in [1.54, 1.807) is 14.2 Å². The predicted molar refractivity (Wildman–Crippen MR) is 68.9 cm³/mol. The van der Waals surface area contributed by atoms with E-state index in [0.29, 0.717) is 0 Å². The number of methoxy groups -OCH3 is 2. The molecule has 2 rings (SSSR count). The van der Waals surface area contributed by atoms with Crippen LogP contribution < -0.4 is 14.8 Å². The highest BCUT2D eigenvalue weighted by Crippen LogP contribution is 2.38. The molecule has 1 fully saturated rings. The zero-order chi connectivity index (χ0) is 12.5. The third-order valence-corrected chi connectivity index (χ3v) is 3.67. The molecular formula is C14H21NO2. The van der Waals surface area contributed by atoms with Crippen molar-refractivity contribution in [1.29, 1.82) is 0 Å². The summed E-state index contributed by atoms with van der Waals surface area (Å²) in [6.07, 6.45) is 2.39. The highest BCUT2D eigenvalue weighted by Gasteiger charge is 2.31. The maximum absolute atomic E-state index is 5.41. The topological polar surface area (TPSA) is 30.5 Å². The van der Waals surface area contributed by atoms with Gasteiger partial charge in [0, 0.05) is 5.54 Å². The monoisotopic (exact) mass is 235 g/mol. The average Bonchev–Trinajstić information content (AvgIpc) is 2.76. The number of rotatable bonds is 3. The lowest BCUT2D eigenvalue weighted by Crippen LogP contribution is -2.33. The Morgan fingerprint density at radius 3 is 2.53 bits per heavy atom. The lowest BCUT2D eigenvalue weighted by Gasteiger charge is -2.26. The summed E-state index contributed by atoms with van der Waals surface area (Å²) in [5.41, 5.74) is 2.48. The molecule has 17 heavy (non-hydrogen) atoms. The molecule has 0 amide bonds. The van der Waals surface area contributed by atoms with Crippen LogP contribution in [0.4, 0.5) is 0 Å². The van der Waals surface area contributed by atoms with Crippen LogP contribution in [-0.4, -0.2) is 20.8 Å². The Morgan fingerprint density at radius 1 is 1.24 bits per heavy atom. The molecule has 1 heterocycles. The summed E-state index contributed by atoms with van der Waals surface area (Å²) in [4.78, 5) is 0. The average molecular weight is 235 g/mol. The fraction of sp³-hybridized carbons (Fsp3) is 0.571. The molecule has 3 heteroatoms. The van der Waals surface area contributed by atoms with E-state index in [9.17, 15) is 0 Å². The second kappa shape index (κ2) is 4.57. The Labute approximate surface area is 103 Å². The molecule has 1 aromatic carbocycles. The Hall–Kier alpha value is -1.22. The summed E-state index contributed by atoms with van der Waals surface area (Å²) < 4.78 is 10.8.